The Labute approximate surface area is 174 Å². The molecule has 1 N–H and O–H groups in total. The van der Waals surface area contributed by atoms with E-state index >= 15 is 0 Å². The number of aliphatic hydroxyl groups excluding tert-OH is 1. The van der Waals surface area contributed by atoms with Crippen molar-refractivity contribution in [3.8, 4) is 0 Å². The second-order valence-corrected chi connectivity index (χ2v) is 9.59. The molecule has 0 aromatic heterocycles. The standard InChI is InChI=1S/C23H25FN2O4/c1-12-8-15(24)4-5-16(12)26-11-23-7-6-17(30-23)18(19(23)22(26)29)21(28)25-9-13-2-3-14(10-25)20(13)27/h4-8,13-14,17-20,27H,2-3,9-11H2,1H3/t13-,14+,17-,18?,19?,20?,23-/m1/s1. The number of hydrogen-bond acceptors (Lipinski definition) is 4. The van der Waals surface area contributed by atoms with Gasteiger partial charge in [-0.1, -0.05) is 12.2 Å². The Bertz CT molecular complexity index is 966. The summed E-state index contributed by atoms with van der Waals surface area (Å²) in [6, 6.07) is 4.39. The maximum absolute atomic E-state index is 13.6. The molecular weight excluding hydrogens is 387 g/mol. The first-order chi connectivity index (χ1) is 14.4. The van der Waals surface area contributed by atoms with E-state index in [0.29, 0.717) is 30.9 Å². The summed E-state index contributed by atoms with van der Waals surface area (Å²) in [6.45, 7) is 3.23. The molecule has 1 saturated carbocycles. The first-order valence-corrected chi connectivity index (χ1v) is 10.8. The second-order valence-electron chi connectivity index (χ2n) is 9.59. The number of aliphatic hydroxyl groups is 1. The number of rotatable bonds is 2. The summed E-state index contributed by atoms with van der Waals surface area (Å²) in [6.07, 6.45) is 5.05. The molecule has 4 fully saturated rings. The van der Waals surface area contributed by atoms with Crippen molar-refractivity contribution in [1.29, 1.82) is 0 Å². The van der Waals surface area contributed by atoms with Crippen LogP contribution >= 0.6 is 0 Å². The third kappa shape index (κ3) is 2.36. The Morgan fingerprint density at radius 1 is 1.27 bits per heavy atom. The lowest BCUT2D eigenvalue weighted by molar-refractivity contribution is -0.144. The first kappa shape index (κ1) is 18.5. The highest BCUT2D eigenvalue weighted by Crippen LogP contribution is 2.53. The third-order valence-electron chi connectivity index (χ3n) is 7.93. The van der Waals surface area contributed by atoms with Crippen LogP contribution in [0.15, 0.2) is 30.4 Å². The van der Waals surface area contributed by atoms with E-state index in [2.05, 4.69) is 0 Å². The SMILES string of the molecule is Cc1cc(F)ccc1N1C[C@@]23C=C[C@@H](O2)C(C(=O)N2C[C@H]4CC[C@@H](C2)C4O)C3C1=O. The summed E-state index contributed by atoms with van der Waals surface area (Å²) in [5, 5.41) is 10.3. The number of ether oxygens (including phenoxy) is 1. The number of likely N-dealkylation sites (tertiary alicyclic amines) is 1. The lowest BCUT2D eigenvalue weighted by atomic mass is 9.76. The first-order valence-electron chi connectivity index (χ1n) is 10.8. The van der Waals surface area contributed by atoms with Crippen molar-refractivity contribution in [3.05, 3.63) is 41.7 Å². The van der Waals surface area contributed by atoms with Gasteiger partial charge in [0.15, 0.2) is 0 Å². The van der Waals surface area contributed by atoms with Crippen molar-refractivity contribution in [3.63, 3.8) is 0 Å². The number of fused-ring (bicyclic) bond motifs is 3. The van der Waals surface area contributed by atoms with E-state index in [0.717, 1.165) is 12.8 Å². The summed E-state index contributed by atoms with van der Waals surface area (Å²) in [4.78, 5) is 30.6. The molecule has 1 aromatic carbocycles. The monoisotopic (exact) mass is 412 g/mol. The summed E-state index contributed by atoms with van der Waals surface area (Å²) in [5.41, 5.74) is 0.552. The van der Waals surface area contributed by atoms with Crippen molar-refractivity contribution in [1.82, 2.24) is 4.90 Å². The Hall–Kier alpha value is -2.25. The number of benzene rings is 1. The van der Waals surface area contributed by atoms with Gasteiger partial charge in [0.25, 0.3) is 0 Å². The quantitative estimate of drug-likeness (QED) is 0.750. The summed E-state index contributed by atoms with van der Waals surface area (Å²) in [5.74, 6) is -1.34. The minimum Gasteiger partial charge on any atom is -0.392 e. The molecule has 4 heterocycles. The molecule has 6 nitrogen and oxygen atoms in total. The molecule has 2 amide bonds. The van der Waals surface area contributed by atoms with E-state index in [1.807, 2.05) is 17.1 Å². The molecule has 1 aromatic rings. The average molecular weight is 412 g/mol. The lowest BCUT2D eigenvalue weighted by Gasteiger charge is -2.38. The minimum absolute atomic E-state index is 0.0361. The van der Waals surface area contributed by atoms with Crippen LogP contribution in [-0.2, 0) is 14.3 Å². The Morgan fingerprint density at radius 2 is 2.00 bits per heavy atom. The van der Waals surface area contributed by atoms with Gasteiger partial charge in [0.05, 0.1) is 30.6 Å². The van der Waals surface area contributed by atoms with E-state index in [1.54, 1.807) is 17.9 Å². The van der Waals surface area contributed by atoms with Gasteiger partial charge in [-0.05, 0) is 43.5 Å². The van der Waals surface area contributed by atoms with Gasteiger partial charge >= 0.3 is 0 Å². The summed E-state index contributed by atoms with van der Waals surface area (Å²) in [7, 11) is 0. The number of piperidine rings is 1. The zero-order valence-corrected chi connectivity index (χ0v) is 16.8. The van der Waals surface area contributed by atoms with Crippen LogP contribution in [0.4, 0.5) is 10.1 Å². The molecule has 5 aliphatic rings. The molecule has 158 valence electrons. The number of halogens is 1. The van der Waals surface area contributed by atoms with Gasteiger partial charge < -0.3 is 19.6 Å². The Balaban J connectivity index is 1.31. The summed E-state index contributed by atoms with van der Waals surface area (Å²) < 4.78 is 19.8. The fourth-order valence-corrected chi connectivity index (χ4v) is 6.49. The molecule has 0 radical (unpaired) electrons. The largest absolute Gasteiger partial charge is 0.392 e. The number of carbonyl (C=O) groups is 2. The van der Waals surface area contributed by atoms with Gasteiger partial charge in [0, 0.05) is 30.6 Å². The molecule has 6 rings (SSSR count). The van der Waals surface area contributed by atoms with Crippen molar-refractivity contribution in [2.24, 2.45) is 23.7 Å². The van der Waals surface area contributed by atoms with Crippen LogP contribution in [0.1, 0.15) is 18.4 Å². The highest BCUT2D eigenvalue weighted by molar-refractivity contribution is 6.03. The maximum Gasteiger partial charge on any atom is 0.234 e. The summed E-state index contributed by atoms with van der Waals surface area (Å²) >= 11 is 0. The number of carbonyl (C=O) groups excluding carboxylic acids is 2. The van der Waals surface area contributed by atoms with Crippen LogP contribution in [0.5, 0.6) is 0 Å². The van der Waals surface area contributed by atoms with E-state index in [9.17, 15) is 19.1 Å². The number of hydrogen-bond donors (Lipinski definition) is 1. The van der Waals surface area contributed by atoms with Gasteiger partial charge in [-0.25, -0.2) is 4.39 Å². The molecule has 3 saturated heterocycles. The molecule has 3 unspecified atom stereocenters. The zero-order valence-electron chi connectivity index (χ0n) is 16.8. The third-order valence-corrected chi connectivity index (χ3v) is 7.93. The van der Waals surface area contributed by atoms with Gasteiger partial charge in [0.2, 0.25) is 11.8 Å². The van der Waals surface area contributed by atoms with E-state index in [-0.39, 0.29) is 41.7 Å². The van der Waals surface area contributed by atoms with E-state index in [1.165, 1.54) is 12.1 Å². The molecule has 30 heavy (non-hydrogen) atoms. The Kier molecular flexibility index (Phi) is 3.79. The van der Waals surface area contributed by atoms with Gasteiger partial charge in [-0.2, -0.15) is 0 Å². The maximum atomic E-state index is 13.6. The lowest BCUT2D eigenvalue weighted by Crippen LogP contribution is -2.52. The normalized spacial score (nSPS) is 41.1. The Morgan fingerprint density at radius 3 is 2.70 bits per heavy atom. The van der Waals surface area contributed by atoms with E-state index in [4.69, 9.17) is 4.74 Å². The van der Waals surface area contributed by atoms with Crippen molar-refractivity contribution in [2.75, 3.05) is 24.5 Å². The topological polar surface area (TPSA) is 70.1 Å². The van der Waals surface area contributed by atoms with Crippen LogP contribution in [0.2, 0.25) is 0 Å². The van der Waals surface area contributed by atoms with Crippen molar-refractivity contribution in [2.45, 2.75) is 37.6 Å². The molecule has 1 aliphatic carbocycles. The highest BCUT2D eigenvalue weighted by Gasteiger charge is 2.67. The van der Waals surface area contributed by atoms with E-state index < -0.39 is 17.4 Å². The van der Waals surface area contributed by atoms with Crippen LogP contribution in [0.3, 0.4) is 0 Å². The van der Waals surface area contributed by atoms with Crippen molar-refractivity contribution < 1.29 is 23.8 Å². The smallest absolute Gasteiger partial charge is 0.234 e. The zero-order chi connectivity index (χ0) is 20.8. The van der Waals surface area contributed by atoms with Crippen molar-refractivity contribution >= 4 is 17.5 Å². The van der Waals surface area contributed by atoms with Crippen LogP contribution in [0.25, 0.3) is 0 Å². The fraction of sp³-hybridized carbons (Fsp3) is 0.565. The predicted molar refractivity (Wildman–Crippen MR) is 106 cm³/mol. The van der Waals surface area contributed by atoms with Gasteiger partial charge in [-0.3, -0.25) is 9.59 Å². The number of anilines is 1. The fourth-order valence-electron chi connectivity index (χ4n) is 6.49. The van der Waals surface area contributed by atoms with Crippen LogP contribution < -0.4 is 4.90 Å². The number of nitrogens with zero attached hydrogens (tertiary/aromatic N) is 2. The van der Waals surface area contributed by atoms with Gasteiger partial charge in [-0.15, -0.1) is 0 Å². The van der Waals surface area contributed by atoms with Crippen LogP contribution in [-0.4, -0.2) is 59.3 Å². The molecule has 7 heteroatoms. The highest BCUT2D eigenvalue weighted by atomic mass is 19.1. The number of aryl methyl sites for hydroxylation is 1. The van der Waals surface area contributed by atoms with Gasteiger partial charge in [0.1, 0.15) is 11.4 Å². The molecular formula is C23H25FN2O4. The number of amides is 2. The molecule has 4 aliphatic heterocycles. The average Bonchev–Trinajstić information content (AvgIpc) is 3.39. The second kappa shape index (κ2) is 6.14. The molecule has 7 atom stereocenters. The molecule has 4 bridgehead atoms. The van der Waals surface area contributed by atoms with Crippen LogP contribution in [0, 0.1) is 36.4 Å². The minimum atomic E-state index is -0.794. The predicted octanol–water partition coefficient (Wildman–Crippen LogP) is 1.65. The molecule has 1 spiro atoms.